The summed E-state index contributed by atoms with van der Waals surface area (Å²) in [5.41, 5.74) is 5.61. The van der Waals surface area contributed by atoms with Crippen molar-refractivity contribution in [3.05, 3.63) is 79.6 Å². The first-order valence-corrected chi connectivity index (χ1v) is 8.42. The van der Waals surface area contributed by atoms with E-state index in [4.69, 9.17) is 0 Å². The molecule has 0 saturated carbocycles. The molecule has 1 N–H and O–H groups in total. The molecule has 120 valence electrons. The lowest BCUT2D eigenvalue weighted by Gasteiger charge is -2.18. The maximum absolute atomic E-state index is 12.2. The van der Waals surface area contributed by atoms with Crippen LogP contribution in [-0.2, 0) is 12.8 Å². The summed E-state index contributed by atoms with van der Waals surface area (Å²) >= 11 is 0. The van der Waals surface area contributed by atoms with Crippen LogP contribution in [-0.4, -0.2) is 0 Å². The van der Waals surface area contributed by atoms with Crippen molar-refractivity contribution in [2.24, 2.45) is 0 Å². The van der Waals surface area contributed by atoms with Crippen LogP contribution in [0.15, 0.2) is 52.1 Å². The number of rotatable bonds is 3. The fraction of sp³-hybridized carbons (Fsp3) is 0.238. The number of benzene rings is 2. The van der Waals surface area contributed by atoms with Crippen molar-refractivity contribution in [2.45, 2.75) is 32.6 Å². The van der Waals surface area contributed by atoms with Crippen LogP contribution in [0, 0.1) is 6.92 Å². The maximum Gasteiger partial charge on any atom is 0.250 e. The fourth-order valence-electron chi connectivity index (χ4n) is 3.54. The molecule has 0 fully saturated rings. The molecule has 3 aromatic rings. The molecule has 0 amide bonds. The Balaban J connectivity index is 1.73. The molecule has 1 aliphatic rings. The van der Waals surface area contributed by atoms with Gasteiger partial charge in [0.2, 0.25) is 5.43 Å². The first-order valence-electron chi connectivity index (χ1n) is 8.42. The number of aryl methyl sites for hydroxylation is 3. The van der Waals surface area contributed by atoms with E-state index in [0.29, 0.717) is 11.3 Å². The van der Waals surface area contributed by atoms with E-state index in [2.05, 4.69) is 17.4 Å². The minimum Gasteiger partial charge on any atom is -0.352 e. The second-order valence-corrected chi connectivity index (χ2v) is 6.59. The van der Waals surface area contributed by atoms with Crippen molar-refractivity contribution >= 4 is 11.4 Å². The van der Waals surface area contributed by atoms with E-state index < -0.39 is 5.43 Å². The second-order valence-electron chi connectivity index (χ2n) is 6.59. The van der Waals surface area contributed by atoms with E-state index in [1.54, 1.807) is 0 Å². The highest BCUT2D eigenvalue weighted by molar-refractivity contribution is 5.85. The van der Waals surface area contributed by atoms with Gasteiger partial charge in [0.05, 0.1) is 5.56 Å². The molecule has 0 radical (unpaired) electrons. The number of fused-ring (bicyclic) bond motifs is 1. The first-order chi connectivity index (χ1) is 11.6. The van der Waals surface area contributed by atoms with Crippen LogP contribution in [0.4, 0.5) is 11.4 Å². The van der Waals surface area contributed by atoms with Crippen molar-refractivity contribution in [1.82, 2.24) is 0 Å². The Hall–Kier alpha value is -2.68. The maximum atomic E-state index is 12.2. The minimum absolute atomic E-state index is 0.388. The summed E-state index contributed by atoms with van der Waals surface area (Å²) in [5.74, 6) is 0. The molecule has 3 aromatic carbocycles. The lowest BCUT2D eigenvalue weighted by molar-refractivity contribution is 0.686. The molecule has 24 heavy (non-hydrogen) atoms. The molecular formula is C21H19NO2. The van der Waals surface area contributed by atoms with Gasteiger partial charge in [0.1, 0.15) is 5.69 Å². The Morgan fingerprint density at radius 2 is 1.67 bits per heavy atom. The van der Waals surface area contributed by atoms with Gasteiger partial charge >= 0.3 is 0 Å². The summed E-state index contributed by atoms with van der Waals surface area (Å²) in [7, 11) is 0. The van der Waals surface area contributed by atoms with E-state index in [1.165, 1.54) is 24.0 Å². The van der Waals surface area contributed by atoms with Crippen LogP contribution in [0.5, 0.6) is 0 Å². The summed E-state index contributed by atoms with van der Waals surface area (Å²) in [6.45, 7) is 2.00. The molecule has 0 heterocycles. The zero-order valence-electron chi connectivity index (χ0n) is 13.7. The molecule has 0 saturated heterocycles. The van der Waals surface area contributed by atoms with Gasteiger partial charge in [-0.05, 0) is 67.0 Å². The van der Waals surface area contributed by atoms with Crippen LogP contribution >= 0.6 is 0 Å². The van der Waals surface area contributed by atoms with Crippen molar-refractivity contribution in [2.75, 3.05) is 5.32 Å². The Morgan fingerprint density at radius 1 is 0.875 bits per heavy atom. The van der Waals surface area contributed by atoms with Gasteiger partial charge in [0.25, 0.3) is 5.43 Å². The monoisotopic (exact) mass is 317 g/mol. The van der Waals surface area contributed by atoms with Gasteiger partial charge in [-0.1, -0.05) is 30.3 Å². The molecule has 3 heteroatoms. The Labute approximate surface area is 140 Å². The van der Waals surface area contributed by atoms with Crippen LogP contribution in [0.2, 0.25) is 0 Å². The zero-order chi connectivity index (χ0) is 16.7. The minimum atomic E-state index is -0.427. The van der Waals surface area contributed by atoms with Gasteiger partial charge in [-0.25, -0.2) is 0 Å². The summed E-state index contributed by atoms with van der Waals surface area (Å²) in [6, 6.07) is 14.0. The predicted molar refractivity (Wildman–Crippen MR) is 97.9 cm³/mol. The first kappa shape index (κ1) is 14.9. The highest BCUT2D eigenvalue weighted by Crippen LogP contribution is 2.30. The lowest BCUT2D eigenvalue weighted by atomic mass is 9.88. The second kappa shape index (κ2) is 5.75. The van der Waals surface area contributed by atoms with Crippen LogP contribution in [0.1, 0.15) is 29.5 Å². The van der Waals surface area contributed by atoms with Gasteiger partial charge < -0.3 is 5.32 Å². The fourth-order valence-corrected chi connectivity index (χ4v) is 3.54. The summed E-state index contributed by atoms with van der Waals surface area (Å²) in [5, 5.41) is 3.14. The summed E-state index contributed by atoms with van der Waals surface area (Å²) in [4.78, 5) is 24.2. The van der Waals surface area contributed by atoms with Crippen molar-refractivity contribution < 1.29 is 0 Å². The quantitative estimate of drug-likeness (QED) is 0.746. The van der Waals surface area contributed by atoms with E-state index in [-0.39, 0.29) is 5.43 Å². The zero-order valence-corrected chi connectivity index (χ0v) is 13.7. The van der Waals surface area contributed by atoms with Gasteiger partial charge in [-0.2, -0.15) is 0 Å². The van der Waals surface area contributed by atoms with Crippen molar-refractivity contribution in [3.63, 3.8) is 0 Å². The summed E-state index contributed by atoms with van der Waals surface area (Å²) in [6.07, 6.45) is 4.58. The Kier molecular flexibility index (Phi) is 3.57. The van der Waals surface area contributed by atoms with Gasteiger partial charge in [0, 0.05) is 5.69 Å². The van der Waals surface area contributed by atoms with Gasteiger partial charge in [-0.15, -0.1) is 0 Å². The molecule has 0 aliphatic heterocycles. The average molecular weight is 317 g/mol. The third-order valence-corrected chi connectivity index (χ3v) is 4.83. The lowest BCUT2D eigenvalue weighted by Crippen LogP contribution is -2.35. The standard InChI is InChI=1S/C21H19NO2/c1-13-5-4-8-17(11-13)22-19-18(20(23)21(19)24)16-10-9-14-6-2-3-7-15(14)12-16/h4-5,8-12,22H,2-3,6-7H2,1H3. The highest BCUT2D eigenvalue weighted by atomic mass is 16.2. The largest absolute Gasteiger partial charge is 0.352 e. The average Bonchev–Trinajstić information content (AvgIpc) is 2.61. The molecule has 3 nitrogen and oxygen atoms in total. The third kappa shape index (κ3) is 2.46. The van der Waals surface area contributed by atoms with Crippen molar-refractivity contribution in [1.29, 1.82) is 0 Å². The van der Waals surface area contributed by atoms with Gasteiger partial charge in [0.15, 0.2) is 0 Å². The number of hydrogen-bond acceptors (Lipinski definition) is 3. The topological polar surface area (TPSA) is 46.2 Å². The van der Waals surface area contributed by atoms with Crippen LogP contribution < -0.4 is 16.2 Å². The normalized spacial score (nSPS) is 13.7. The Bertz CT molecular complexity index is 994. The molecule has 4 rings (SSSR count). The molecule has 0 atom stereocenters. The van der Waals surface area contributed by atoms with Crippen LogP contribution in [0.3, 0.4) is 0 Å². The predicted octanol–water partition coefficient (Wildman–Crippen LogP) is 3.88. The SMILES string of the molecule is Cc1cccc(Nc2c(-c3ccc4c(c3)CCCC4)c(=O)c2=O)c1. The number of anilines is 2. The van der Waals surface area contributed by atoms with Gasteiger partial charge in [-0.3, -0.25) is 9.59 Å². The molecule has 0 bridgehead atoms. The molecule has 0 aromatic heterocycles. The van der Waals surface area contributed by atoms with E-state index in [0.717, 1.165) is 29.7 Å². The third-order valence-electron chi connectivity index (χ3n) is 4.83. The van der Waals surface area contributed by atoms with Crippen LogP contribution in [0.25, 0.3) is 11.1 Å². The highest BCUT2D eigenvalue weighted by Gasteiger charge is 2.23. The van der Waals surface area contributed by atoms with E-state index >= 15 is 0 Å². The summed E-state index contributed by atoms with van der Waals surface area (Å²) < 4.78 is 0. The Morgan fingerprint density at radius 3 is 2.46 bits per heavy atom. The molecular weight excluding hydrogens is 298 g/mol. The van der Waals surface area contributed by atoms with Crippen molar-refractivity contribution in [3.8, 4) is 11.1 Å². The molecule has 0 unspecified atom stereocenters. The number of hydrogen-bond donors (Lipinski definition) is 1. The van der Waals surface area contributed by atoms with E-state index in [1.807, 2.05) is 37.3 Å². The smallest absolute Gasteiger partial charge is 0.250 e. The molecule has 1 aliphatic carbocycles. The molecule has 0 spiro atoms. The number of nitrogens with one attached hydrogen (secondary N) is 1. The van der Waals surface area contributed by atoms with E-state index in [9.17, 15) is 9.59 Å².